The van der Waals surface area contributed by atoms with Crippen molar-refractivity contribution in [3.05, 3.63) is 110 Å². The summed E-state index contributed by atoms with van der Waals surface area (Å²) in [6.45, 7) is 1.74. The van der Waals surface area contributed by atoms with Gasteiger partial charge in [-0.2, -0.15) is 5.10 Å². The van der Waals surface area contributed by atoms with Crippen molar-refractivity contribution in [3.63, 3.8) is 0 Å². The zero-order chi connectivity index (χ0) is 25.4. The Morgan fingerprint density at radius 1 is 1.08 bits per heavy atom. The van der Waals surface area contributed by atoms with Crippen molar-refractivity contribution in [2.75, 3.05) is 6.61 Å². The van der Waals surface area contributed by atoms with Gasteiger partial charge in [0.1, 0.15) is 18.1 Å². The predicted octanol–water partition coefficient (Wildman–Crippen LogP) is 5.81. The normalized spacial score (nSPS) is 16.4. The van der Waals surface area contributed by atoms with Gasteiger partial charge >= 0.3 is 0 Å². The molecule has 1 amide bonds. The van der Waals surface area contributed by atoms with Crippen LogP contribution in [0.5, 0.6) is 0 Å². The number of benzene rings is 3. The summed E-state index contributed by atoms with van der Waals surface area (Å²) in [6.07, 6.45) is 1.07. The van der Waals surface area contributed by atoms with Gasteiger partial charge in [-0.3, -0.25) is 14.9 Å². The molecule has 1 aromatic heterocycles. The molecule has 2 unspecified atom stereocenters. The molecule has 36 heavy (non-hydrogen) atoms. The number of carbonyl (C=O) groups excluding carboxylic acids is 1. The lowest BCUT2D eigenvalue weighted by Gasteiger charge is -2.29. The van der Waals surface area contributed by atoms with Crippen LogP contribution in [0.1, 0.15) is 30.3 Å². The lowest BCUT2D eigenvalue weighted by atomic mass is 10.0. The maximum Gasteiger partial charge on any atom is 0.269 e. The first-order valence-corrected chi connectivity index (χ1v) is 12.2. The lowest BCUT2D eigenvalue weighted by molar-refractivity contribution is -0.384. The molecule has 1 aliphatic rings. The minimum Gasteiger partial charge on any atom is -0.344 e. The lowest BCUT2D eigenvalue weighted by Crippen LogP contribution is -2.31. The van der Waals surface area contributed by atoms with Gasteiger partial charge in [0.25, 0.3) is 11.6 Å². The maximum atomic E-state index is 13.7. The molecule has 1 aliphatic heterocycles. The summed E-state index contributed by atoms with van der Waals surface area (Å²) in [5.74, 6) is -0.573. The number of amides is 1. The summed E-state index contributed by atoms with van der Waals surface area (Å²) in [5, 5.41) is 15.8. The molecule has 182 valence electrons. The van der Waals surface area contributed by atoms with Crippen LogP contribution in [0, 0.1) is 19.5 Å². The number of halogens is 2. The summed E-state index contributed by atoms with van der Waals surface area (Å²) in [7, 11) is 0. The second-order valence-corrected chi connectivity index (χ2v) is 9.60. The smallest absolute Gasteiger partial charge is 0.269 e. The van der Waals surface area contributed by atoms with Crippen molar-refractivity contribution >= 4 is 34.2 Å². The molecule has 0 bridgehead atoms. The third-order valence-electron chi connectivity index (χ3n) is 6.13. The fourth-order valence-corrected chi connectivity index (χ4v) is 4.62. The molecule has 2 heterocycles. The number of ether oxygens (including phenoxy) is 1. The Kier molecular flexibility index (Phi) is 6.54. The van der Waals surface area contributed by atoms with Gasteiger partial charge in [0.05, 0.1) is 16.7 Å². The highest BCUT2D eigenvalue weighted by molar-refractivity contribution is 14.1. The molecule has 5 rings (SSSR count). The van der Waals surface area contributed by atoms with Gasteiger partial charge in [-0.25, -0.2) is 9.07 Å². The van der Waals surface area contributed by atoms with E-state index in [1.54, 1.807) is 33.8 Å². The molecule has 4 aromatic rings. The van der Waals surface area contributed by atoms with E-state index in [4.69, 9.17) is 9.84 Å². The molecule has 0 saturated carbocycles. The molecule has 1 saturated heterocycles. The van der Waals surface area contributed by atoms with E-state index in [9.17, 15) is 19.3 Å². The Bertz CT molecular complexity index is 1420. The van der Waals surface area contributed by atoms with Gasteiger partial charge in [-0.05, 0) is 83.6 Å². The number of hydrogen-bond acceptors (Lipinski definition) is 5. The maximum absolute atomic E-state index is 13.7. The minimum atomic E-state index is -0.750. The Hall–Kier alpha value is -3.64. The summed E-state index contributed by atoms with van der Waals surface area (Å²) >= 11 is 2.23. The molecule has 0 spiro atoms. The molecule has 0 N–H and O–H groups in total. The van der Waals surface area contributed by atoms with Crippen LogP contribution >= 0.6 is 22.6 Å². The van der Waals surface area contributed by atoms with Crippen molar-refractivity contribution in [1.82, 2.24) is 14.7 Å². The second-order valence-electron chi connectivity index (χ2n) is 8.35. The van der Waals surface area contributed by atoms with Gasteiger partial charge in [0.15, 0.2) is 6.23 Å². The zero-order valence-electron chi connectivity index (χ0n) is 19.0. The molecule has 2 atom stereocenters. The first-order chi connectivity index (χ1) is 17.3. The van der Waals surface area contributed by atoms with Crippen LogP contribution < -0.4 is 0 Å². The Labute approximate surface area is 219 Å². The molecule has 10 heteroatoms. The van der Waals surface area contributed by atoms with Crippen molar-refractivity contribution in [2.45, 2.75) is 19.2 Å². The number of hydrogen-bond donors (Lipinski definition) is 0. The number of nitro groups is 1. The van der Waals surface area contributed by atoms with Crippen LogP contribution in [0.2, 0.25) is 0 Å². The van der Waals surface area contributed by atoms with Crippen molar-refractivity contribution in [3.8, 4) is 16.9 Å². The molecular weight excluding hydrogens is 578 g/mol. The first kappa shape index (κ1) is 24.1. The fraction of sp³-hybridized carbons (Fsp3) is 0.154. The standard InChI is InChI=1S/C26H20FIN4O4/c1-16(17-4-10-22(11-5-17)32(34)35)31-24(33)15-36-26(31)23-14-30(21-12-8-20(28)9-13-21)29-25(23)18-2-6-19(27)7-3-18/h2-14,16,26H,15H2,1H3. The average Bonchev–Trinajstić information content (AvgIpc) is 3.48. The van der Waals surface area contributed by atoms with Gasteiger partial charge in [0, 0.05) is 33.0 Å². The first-order valence-electron chi connectivity index (χ1n) is 11.1. The molecule has 0 aliphatic carbocycles. The van der Waals surface area contributed by atoms with E-state index >= 15 is 0 Å². The van der Waals surface area contributed by atoms with Crippen molar-refractivity contribution < 1.29 is 18.8 Å². The molecule has 8 nitrogen and oxygen atoms in total. The van der Waals surface area contributed by atoms with E-state index in [-0.39, 0.29) is 24.0 Å². The summed E-state index contributed by atoms with van der Waals surface area (Å²) in [4.78, 5) is 25.2. The number of rotatable bonds is 6. The van der Waals surface area contributed by atoms with E-state index in [2.05, 4.69) is 22.6 Å². The van der Waals surface area contributed by atoms with E-state index in [0.717, 1.165) is 14.8 Å². The van der Waals surface area contributed by atoms with Crippen LogP contribution in [0.4, 0.5) is 10.1 Å². The highest BCUT2D eigenvalue weighted by Gasteiger charge is 2.39. The number of non-ortho nitro benzene ring substituents is 1. The number of carbonyl (C=O) groups is 1. The van der Waals surface area contributed by atoms with E-state index in [1.165, 1.54) is 24.3 Å². The summed E-state index contributed by atoms with van der Waals surface area (Å²) in [5.41, 5.74) is 3.43. The molecule has 1 fully saturated rings. The predicted molar refractivity (Wildman–Crippen MR) is 139 cm³/mol. The molecular formula is C26H20FIN4O4. The Balaban J connectivity index is 1.57. The van der Waals surface area contributed by atoms with Crippen LogP contribution in [0.25, 0.3) is 16.9 Å². The van der Waals surface area contributed by atoms with Gasteiger partial charge in [-0.1, -0.05) is 12.1 Å². The number of nitrogens with zero attached hydrogens (tertiary/aromatic N) is 4. The van der Waals surface area contributed by atoms with Crippen LogP contribution in [0.3, 0.4) is 0 Å². The SMILES string of the molecule is CC(c1ccc([N+](=O)[O-])cc1)N1C(=O)COC1c1cn(-c2ccc(I)cc2)nc1-c1ccc(F)cc1. The van der Waals surface area contributed by atoms with Crippen molar-refractivity contribution in [1.29, 1.82) is 0 Å². The van der Waals surface area contributed by atoms with Crippen LogP contribution in [-0.4, -0.2) is 32.1 Å². The third kappa shape index (κ3) is 4.61. The highest BCUT2D eigenvalue weighted by atomic mass is 127. The summed E-state index contributed by atoms with van der Waals surface area (Å²) < 4.78 is 22.4. The molecule has 0 radical (unpaired) electrons. The number of aromatic nitrogens is 2. The van der Waals surface area contributed by atoms with E-state index in [0.29, 0.717) is 16.8 Å². The van der Waals surface area contributed by atoms with Gasteiger partial charge < -0.3 is 9.64 Å². The highest BCUT2D eigenvalue weighted by Crippen LogP contribution is 2.40. The van der Waals surface area contributed by atoms with Crippen LogP contribution in [-0.2, 0) is 9.53 Å². The third-order valence-corrected chi connectivity index (χ3v) is 6.85. The van der Waals surface area contributed by atoms with Gasteiger partial charge in [0.2, 0.25) is 0 Å². The molecule has 3 aromatic carbocycles. The second kappa shape index (κ2) is 9.78. The zero-order valence-corrected chi connectivity index (χ0v) is 21.2. The monoisotopic (exact) mass is 598 g/mol. The van der Waals surface area contributed by atoms with Crippen LogP contribution in [0.15, 0.2) is 79.0 Å². The van der Waals surface area contributed by atoms with E-state index in [1.807, 2.05) is 37.4 Å². The number of nitro benzene ring substituents is 1. The van der Waals surface area contributed by atoms with Crippen molar-refractivity contribution in [2.24, 2.45) is 0 Å². The summed E-state index contributed by atoms with van der Waals surface area (Å²) in [6, 6.07) is 19.5. The van der Waals surface area contributed by atoms with Gasteiger partial charge in [-0.15, -0.1) is 0 Å². The quantitative estimate of drug-likeness (QED) is 0.159. The largest absolute Gasteiger partial charge is 0.344 e. The average molecular weight is 598 g/mol. The Morgan fingerprint density at radius 2 is 1.75 bits per heavy atom. The Morgan fingerprint density at radius 3 is 2.39 bits per heavy atom. The van der Waals surface area contributed by atoms with E-state index < -0.39 is 17.2 Å². The fourth-order valence-electron chi connectivity index (χ4n) is 4.26. The minimum absolute atomic E-state index is 0.0242. The topological polar surface area (TPSA) is 90.5 Å².